The third-order valence-corrected chi connectivity index (χ3v) is 4.38. The van der Waals surface area contributed by atoms with Crippen LogP contribution in [-0.2, 0) is 0 Å². The van der Waals surface area contributed by atoms with Crippen molar-refractivity contribution in [2.45, 2.75) is 0 Å². The highest BCUT2D eigenvalue weighted by Crippen LogP contribution is 2.30. The number of benzene rings is 3. The average Bonchev–Trinajstić information content (AvgIpc) is 2.69. The van der Waals surface area contributed by atoms with E-state index in [-0.39, 0.29) is 0 Å². The van der Waals surface area contributed by atoms with E-state index in [1.165, 1.54) is 0 Å². The zero-order chi connectivity index (χ0) is 17.7. The molecule has 4 nitrogen and oxygen atoms in total. The monoisotopic (exact) mass is 330 g/mol. The van der Waals surface area contributed by atoms with E-state index in [1.807, 2.05) is 48.5 Å². The number of fused-ring (bicyclic) bond motifs is 4. The first-order valence-electron chi connectivity index (χ1n) is 8.02. The molecule has 0 saturated heterocycles. The van der Waals surface area contributed by atoms with Crippen LogP contribution in [0, 0.1) is 24.7 Å². The average molecular weight is 330 g/mol. The summed E-state index contributed by atoms with van der Waals surface area (Å²) in [5.74, 6) is 5.44. The van der Waals surface area contributed by atoms with Crippen LogP contribution in [-0.4, -0.2) is 19.9 Å². The second-order valence-electron chi connectivity index (χ2n) is 5.86. The molecular formula is C22H10N4. The van der Waals surface area contributed by atoms with Gasteiger partial charge in [0.15, 0.2) is 0 Å². The second-order valence-corrected chi connectivity index (χ2v) is 5.86. The summed E-state index contributed by atoms with van der Waals surface area (Å²) in [6, 6.07) is 15.2. The predicted molar refractivity (Wildman–Crippen MR) is 104 cm³/mol. The first-order valence-corrected chi connectivity index (χ1v) is 8.02. The van der Waals surface area contributed by atoms with E-state index in [9.17, 15) is 0 Å². The third-order valence-electron chi connectivity index (χ3n) is 4.38. The Morgan fingerprint density at radius 3 is 1.00 bits per heavy atom. The van der Waals surface area contributed by atoms with Gasteiger partial charge in [0.05, 0.1) is 33.2 Å². The Hall–Kier alpha value is -4.02. The molecule has 5 aromatic rings. The maximum absolute atomic E-state index is 5.82. The molecule has 0 aliphatic carbocycles. The van der Waals surface area contributed by atoms with Gasteiger partial charge in [0.2, 0.25) is 0 Å². The first-order chi connectivity index (χ1) is 12.8. The summed E-state index contributed by atoms with van der Waals surface area (Å²) in [5, 5.41) is 0. The molecule has 2 heterocycles. The lowest BCUT2D eigenvalue weighted by molar-refractivity contribution is 1.35. The first kappa shape index (κ1) is 14.3. The van der Waals surface area contributed by atoms with E-state index >= 15 is 0 Å². The lowest BCUT2D eigenvalue weighted by Crippen LogP contribution is -1.99. The fraction of sp³-hybridized carbons (Fsp3) is 0. The van der Waals surface area contributed by atoms with Crippen LogP contribution in [0.1, 0.15) is 11.1 Å². The zero-order valence-corrected chi connectivity index (χ0v) is 13.6. The number of terminal acetylenes is 2. The number of para-hydroxylation sites is 4. The van der Waals surface area contributed by atoms with E-state index in [0.717, 1.165) is 22.1 Å². The molecule has 0 bridgehead atoms. The minimum absolute atomic E-state index is 0.561. The Kier molecular flexibility index (Phi) is 2.89. The lowest BCUT2D eigenvalue weighted by Gasteiger charge is -2.10. The maximum atomic E-state index is 5.82. The molecule has 3 aromatic carbocycles. The molecule has 0 saturated carbocycles. The van der Waals surface area contributed by atoms with Gasteiger partial charge in [0, 0.05) is 0 Å². The van der Waals surface area contributed by atoms with Crippen LogP contribution in [0.3, 0.4) is 0 Å². The smallest absolute Gasteiger partial charge is 0.109 e. The van der Waals surface area contributed by atoms with Crippen LogP contribution >= 0.6 is 0 Å². The molecule has 4 heteroatoms. The van der Waals surface area contributed by atoms with Crippen molar-refractivity contribution >= 4 is 44.1 Å². The normalized spacial score (nSPS) is 11.0. The molecule has 0 atom stereocenters. The Balaban J connectivity index is 2.11. The molecule has 0 N–H and O–H groups in total. The molecule has 2 aromatic heterocycles. The quantitative estimate of drug-likeness (QED) is 0.320. The molecular weight excluding hydrogens is 320 g/mol. The van der Waals surface area contributed by atoms with Crippen LogP contribution in [0.25, 0.3) is 44.1 Å². The molecule has 0 radical (unpaired) electrons. The van der Waals surface area contributed by atoms with Crippen molar-refractivity contribution in [1.29, 1.82) is 0 Å². The molecule has 0 fully saturated rings. The molecule has 0 spiro atoms. The van der Waals surface area contributed by atoms with Gasteiger partial charge in [-0.25, -0.2) is 19.9 Å². The van der Waals surface area contributed by atoms with Crippen LogP contribution in [0.4, 0.5) is 0 Å². The fourth-order valence-corrected chi connectivity index (χ4v) is 3.20. The standard InChI is InChI=1S/C22H10N4/c1-3-13-19-21(25-17-11-7-5-9-15(17)23-19)14(4-2)22-20(13)24-16-10-6-8-12-18(16)26-22/h1-2,5-12H. The Morgan fingerprint density at radius 2 is 0.769 bits per heavy atom. The van der Waals surface area contributed by atoms with E-state index in [0.29, 0.717) is 33.2 Å². The third kappa shape index (κ3) is 1.87. The summed E-state index contributed by atoms with van der Waals surface area (Å²) in [6.45, 7) is 0. The maximum Gasteiger partial charge on any atom is 0.109 e. The summed E-state index contributed by atoms with van der Waals surface area (Å²) >= 11 is 0. The van der Waals surface area contributed by atoms with Crippen LogP contribution in [0.15, 0.2) is 48.5 Å². The summed E-state index contributed by atoms with van der Waals surface area (Å²) in [4.78, 5) is 18.9. The van der Waals surface area contributed by atoms with Gasteiger partial charge in [-0.3, -0.25) is 0 Å². The van der Waals surface area contributed by atoms with Crippen LogP contribution in [0.2, 0.25) is 0 Å². The molecule has 26 heavy (non-hydrogen) atoms. The van der Waals surface area contributed by atoms with Gasteiger partial charge in [-0.1, -0.05) is 36.1 Å². The fourth-order valence-electron chi connectivity index (χ4n) is 3.20. The highest BCUT2D eigenvalue weighted by Gasteiger charge is 2.18. The number of hydrogen-bond acceptors (Lipinski definition) is 4. The largest absolute Gasteiger partial charge is 0.243 e. The van der Waals surface area contributed by atoms with E-state index in [4.69, 9.17) is 32.8 Å². The van der Waals surface area contributed by atoms with Gasteiger partial charge >= 0.3 is 0 Å². The van der Waals surface area contributed by atoms with Gasteiger partial charge < -0.3 is 0 Å². The number of nitrogens with zero attached hydrogens (tertiary/aromatic N) is 4. The Labute approximate surface area is 148 Å². The summed E-state index contributed by atoms with van der Waals surface area (Å²) in [7, 11) is 0. The highest BCUT2D eigenvalue weighted by molar-refractivity contribution is 6.07. The topological polar surface area (TPSA) is 51.6 Å². The highest BCUT2D eigenvalue weighted by atomic mass is 14.9. The number of aromatic nitrogens is 4. The van der Waals surface area contributed by atoms with E-state index < -0.39 is 0 Å². The van der Waals surface area contributed by atoms with Crippen molar-refractivity contribution < 1.29 is 0 Å². The minimum Gasteiger partial charge on any atom is -0.243 e. The van der Waals surface area contributed by atoms with Crippen molar-refractivity contribution in [2.75, 3.05) is 0 Å². The van der Waals surface area contributed by atoms with Crippen molar-refractivity contribution in [3.05, 3.63) is 59.7 Å². The summed E-state index contributed by atoms with van der Waals surface area (Å²) in [5.41, 5.74) is 6.47. The van der Waals surface area contributed by atoms with E-state index in [2.05, 4.69) is 11.8 Å². The number of hydrogen-bond donors (Lipinski definition) is 0. The Morgan fingerprint density at radius 1 is 0.500 bits per heavy atom. The Bertz CT molecular complexity index is 1250. The summed E-state index contributed by atoms with van der Waals surface area (Å²) in [6.07, 6.45) is 11.6. The van der Waals surface area contributed by atoms with Crippen molar-refractivity contribution in [2.24, 2.45) is 0 Å². The van der Waals surface area contributed by atoms with Gasteiger partial charge in [-0.05, 0) is 24.3 Å². The zero-order valence-electron chi connectivity index (χ0n) is 13.6. The number of rotatable bonds is 0. The van der Waals surface area contributed by atoms with Crippen molar-refractivity contribution in [3.8, 4) is 24.7 Å². The molecule has 0 amide bonds. The van der Waals surface area contributed by atoms with Gasteiger partial charge in [0.25, 0.3) is 0 Å². The molecule has 0 aliphatic rings. The van der Waals surface area contributed by atoms with Crippen molar-refractivity contribution in [1.82, 2.24) is 19.9 Å². The van der Waals surface area contributed by atoms with Crippen molar-refractivity contribution in [3.63, 3.8) is 0 Å². The second kappa shape index (κ2) is 5.24. The minimum atomic E-state index is 0.561. The van der Waals surface area contributed by atoms with Gasteiger partial charge in [-0.15, -0.1) is 12.8 Å². The molecule has 0 unspecified atom stereocenters. The molecule has 5 rings (SSSR count). The SMILES string of the molecule is C#Cc1c2nc3ccccc3nc2c(C#C)c2nc3ccccc3nc12. The van der Waals surface area contributed by atoms with Crippen LogP contribution in [0.5, 0.6) is 0 Å². The van der Waals surface area contributed by atoms with Gasteiger partial charge in [0.1, 0.15) is 22.1 Å². The predicted octanol–water partition coefficient (Wildman–Crippen LogP) is 3.84. The van der Waals surface area contributed by atoms with Gasteiger partial charge in [-0.2, -0.15) is 0 Å². The summed E-state index contributed by atoms with van der Waals surface area (Å²) < 4.78 is 0. The lowest BCUT2D eigenvalue weighted by atomic mass is 10.0. The molecule has 0 aliphatic heterocycles. The van der Waals surface area contributed by atoms with E-state index in [1.54, 1.807) is 0 Å². The van der Waals surface area contributed by atoms with Crippen LogP contribution < -0.4 is 0 Å². The molecule has 118 valence electrons.